The lowest BCUT2D eigenvalue weighted by Crippen LogP contribution is -2.35. The highest BCUT2D eigenvalue weighted by atomic mass is 35.5. The standard InChI is InChI=1S/C18H18ClNO4/c1-23-18(22)17(13-7-3-2-4-8-13)20-16(21)11-12-24-15-10-6-5-9-14(15)19/h2-10,17H,11-12H2,1H3,(H,20,21). The third-order valence-electron chi connectivity index (χ3n) is 3.30. The van der Waals surface area contributed by atoms with E-state index < -0.39 is 12.0 Å². The summed E-state index contributed by atoms with van der Waals surface area (Å²) in [4.78, 5) is 24.0. The van der Waals surface area contributed by atoms with E-state index in [9.17, 15) is 9.59 Å². The Morgan fingerprint density at radius 2 is 1.75 bits per heavy atom. The largest absolute Gasteiger partial charge is 0.491 e. The predicted molar refractivity (Wildman–Crippen MR) is 90.9 cm³/mol. The molecule has 24 heavy (non-hydrogen) atoms. The summed E-state index contributed by atoms with van der Waals surface area (Å²) in [5.74, 6) is -0.331. The van der Waals surface area contributed by atoms with Crippen molar-refractivity contribution in [1.82, 2.24) is 5.32 Å². The Morgan fingerprint density at radius 3 is 2.42 bits per heavy atom. The quantitative estimate of drug-likeness (QED) is 0.781. The number of carbonyl (C=O) groups excluding carboxylic acids is 2. The predicted octanol–water partition coefficient (Wildman–Crippen LogP) is 3.14. The molecule has 0 fully saturated rings. The molecule has 0 aromatic heterocycles. The van der Waals surface area contributed by atoms with Gasteiger partial charge in [-0.25, -0.2) is 4.79 Å². The van der Waals surface area contributed by atoms with Gasteiger partial charge in [0.2, 0.25) is 5.91 Å². The minimum absolute atomic E-state index is 0.0888. The molecule has 0 bridgehead atoms. The average Bonchev–Trinajstić information content (AvgIpc) is 2.61. The Labute approximate surface area is 145 Å². The van der Waals surface area contributed by atoms with Crippen molar-refractivity contribution < 1.29 is 19.1 Å². The highest BCUT2D eigenvalue weighted by molar-refractivity contribution is 6.32. The number of methoxy groups -OCH3 is 1. The second-order valence-electron chi connectivity index (χ2n) is 4.96. The van der Waals surface area contributed by atoms with Gasteiger partial charge in [0.25, 0.3) is 0 Å². The van der Waals surface area contributed by atoms with Gasteiger partial charge >= 0.3 is 5.97 Å². The van der Waals surface area contributed by atoms with E-state index in [1.807, 2.05) is 6.07 Å². The van der Waals surface area contributed by atoms with E-state index in [0.717, 1.165) is 0 Å². The summed E-state index contributed by atoms with van der Waals surface area (Å²) >= 11 is 5.98. The number of benzene rings is 2. The molecule has 1 unspecified atom stereocenters. The van der Waals surface area contributed by atoms with Crippen LogP contribution in [0.4, 0.5) is 0 Å². The zero-order valence-corrected chi connectivity index (χ0v) is 14.0. The molecule has 1 amide bonds. The summed E-state index contributed by atoms with van der Waals surface area (Å²) in [6.45, 7) is 0.151. The van der Waals surface area contributed by atoms with Gasteiger partial charge in [0, 0.05) is 0 Å². The van der Waals surface area contributed by atoms with Gasteiger partial charge in [0.1, 0.15) is 5.75 Å². The van der Waals surface area contributed by atoms with E-state index in [0.29, 0.717) is 16.3 Å². The number of esters is 1. The highest BCUT2D eigenvalue weighted by Crippen LogP contribution is 2.23. The SMILES string of the molecule is COC(=O)C(NC(=O)CCOc1ccccc1Cl)c1ccccc1. The molecule has 0 aliphatic carbocycles. The van der Waals surface area contributed by atoms with Crippen molar-refractivity contribution in [3.63, 3.8) is 0 Å². The number of ether oxygens (including phenoxy) is 2. The van der Waals surface area contributed by atoms with Crippen molar-refractivity contribution in [2.45, 2.75) is 12.5 Å². The monoisotopic (exact) mass is 347 g/mol. The van der Waals surface area contributed by atoms with Crippen LogP contribution in [0.1, 0.15) is 18.0 Å². The fraction of sp³-hybridized carbons (Fsp3) is 0.222. The van der Waals surface area contributed by atoms with Crippen LogP contribution in [-0.2, 0) is 14.3 Å². The first-order valence-electron chi connectivity index (χ1n) is 7.41. The first kappa shape index (κ1) is 17.8. The minimum atomic E-state index is -0.844. The maximum atomic E-state index is 12.1. The molecule has 2 aromatic rings. The van der Waals surface area contributed by atoms with E-state index in [-0.39, 0.29) is 18.9 Å². The Kier molecular flexibility index (Phi) is 6.63. The summed E-state index contributed by atoms with van der Waals surface area (Å²) < 4.78 is 10.2. The average molecular weight is 348 g/mol. The first-order chi connectivity index (χ1) is 11.6. The molecule has 0 saturated carbocycles. The maximum Gasteiger partial charge on any atom is 0.333 e. The fourth-order valence-corrected chi connectivity index (χ4v) is 2.28. The molecule has 0 saturated heterocycles. The molecule has 0 spiro atoms. The topological polar surface area (TPSA) is 64.6 Å². The number of halogens is 1. The van der Waals surface area contributed by atoms with Crippen molar-refractivity contribution in [2.75, 3.05) is 13.7 Å². The van der Waals surface area contributed by atoms with Crippen LogP contribution in [0.15, 0.2) is 54.6 Å². The zero-order chi connectivity index (χ0) is 17.4. The van der Waals surface area contributed by atoms with Crippen LogP contribution in [0.25, 0.3) is 0 Å². The van der Waals surface area contributed by atoms with Crippen molar-refractivity contribution >= 4 is 23.5 Å². The van der Waals surface area contributed by atoms with Crippen molar-refractivity contribution in [2.24, 2.45) is 0 Å². The Morgan fingerprint density at radius 1 is 1.08 bits per heavy atom. The van der Waals surface area contributed by atoms with E-state index in [1.165, 1.54) is 7.11 Å². The van der Waals surface area contributed by atoms with Crippen LogP contribution in [0.5, 0.6) is 5.75 Å². The normalized spacial score (nSPS) is 11.4. The molecule has 0 radical (unpaired) electrons. The minimum Gasteiger partial charge on any atom is -0.491 e. The van der Waals surface area contributed by atoms with Crippen LogP contribution in [0.3, 0.4) is 0 Å². The third-order valence-corrected chi connectivity index (χ3v) is 3.61. The maximum absolute atomic E-state index is 12.1. The molecule has 126 valence electrons. The van der Waals surface area contributed by atoms with Crippen LogP contribution >= 0.6 is 11.6 Å². The Hall–Kier alpha value is -2.53. The molecule has 1 atom stereocenters. The number of hydrogen-bond acceptors (Lipinski definition) is 4. The van der Waals surface area contributed by atoms with Gasteiger partial charge in [0.05, 0.1) is 25.2 Å². The van der Waals surface area contributed by atoms with E-state index in [1.54, 1.807) is 48.5 Å². The number of nitrogens with one attached hydrogen (secondary N) is 1. The van der Waals surface area contributed by atoms with Crippen LogP contribution in [-0.4, -0.2) is 25.6 Å². The molecule has 5 nitrogen and oxygen atoms in total. The molecular formula is C18H18ClNO4. The second-order valence-corrected chi connectivity index (χ2v) is 5.37. The third kappa shape index (κ3) is 4.99. The summed E-state index contributed by atoms with van der Waals surface area (Å²) in [5, 5.41) is 3.14. The van der Waals surface area contributed by atoms with Crippen LogP contribution < -0.4 is 10.1 Å². The fourth-order valence-electron chi connectivity index (χ4n) is 2.09. The molecule has 2 aromatic carbocycles. The zero-order valence-electron chi connectivity index (χ0n) is 13.2. The number of rotatable bonds is 7. The van der Waals surface area contributed by atoms with E-state index in [4.69, 9.17) is 21.1 Å². The second kappa shape index (κ2) is 8.93. The molecule has 0 aliphatic heterocycles. The number of para-hydroxylation sites is 1. The summed E-state index contributed by atoms with van der Waals surface area (Å²) in [5.41, 5.74) is 0.657. The molecule has 6 heteroatoms. The van der Waals surface area contributed by atoms with Crippen molar-refractivity contribution in [3.8, 4) is 5.75 Å². The summed E-state index contributed by atoms with van der Waals surface area (Å²) in [7, 11) is 1.28. The molecule has 0 aliphatic rings. The molecule has 2 rings (SSSR count). The van der Waals surface area contributed by atoms with Crippen molar-refractivity contribution in [1.29, 1.82) is 0 Å². The van der Waals surface area contributed by atoms with Gasteiger partial charge in [0.15, 0.2) is 6.04 Å². The highest BCUT2D eigenvalue weighted by Gasteiger charge is 2.23. The number of carbonyl (C=O) groups is 2. The molecule has 1 N–H and O–H groups in total. The van der Waals surface area contributed by atoms with Gasteiger partial charge in [-0.1, -0.05) is 54.1 Å². The van der Waals surface area contributed by atoms with E-state index >= 15 is 0 Å². The Balaban J connectivity index is 1.91. The lowest BCUT2D eigenvalue weighted by molar-refractivity contribution is -0.145. The van der Waals surface area contributed by atoms with Crippen molar-refractivity contribution in [3.05, 3.63) is 65.2 Å². The molecule has 0 heterocycles. The Bertz CT molecular complexity index is 690. The van der Waals surface area contributed by atoms with Crippen LogP contribution in [0.2, 0.25) is 5.02 Å². The number of hydrogen-bond donors (Lipinski definition) is 1. The van der Waals surface area contributed by atoms with Gasteiger partial charge < -0.3 is 14.8 Å². The smallest absolute Gasteiger partial charge is 0.333 e. The number of amides is 1. The lowest BCUT2D eigenvalue weighted by Gasteiger charge is -2.17. The molecular weight excluding hydrogens is 330 g/mol. The summed E-state index contributed by atoms with van der Waals surface area (Å²) in [6, 6.07) is 15.1. The van der Waals surface area contributed by atoms with Gasteiger partial charge in [-0.15, -0.1) is 0 Å². The first-order valence-corrected chi connectivity index (χ1v) is 7.79. The van der Waals surface area contributed by atoms with E-state index in [2.05, 4.69) is 5.32 Å². The van der Waals surface area contributed by atoms with Gasteiger partial charge in [-0.05, 0) is 17.7 Å². The van der Waals surface area contributed by atoms with Gasteiger partial charge in [-0.2, -0.15) is 0 Å². The van der Waals surface area contributed by atoms with Crippen LogP contribution in [0, 0.1) is 0 Å². The summed E-state index contributed by atoms with van der Waals surface area (Å²) in [6.07, 6.45) is 0.0888. The van der Waals surface area contributed by atoms with Gasteiger partial charge in [-0.3, -0.25) is 4.79 Å². The lowest BCUT2D eigenvalue weighted by atomic mass is 10.1.